The second-order valence-electron chi connectivity index (χ2n) is 4.50. The van der Waals surface area contributed by atoms with Gasteiger partial charge in [0, 0.05) is 22.0 Å². The molecule has 0 atom stereocenters. The average molecular weight is 225 g/mol. The molecule has 0 aliphatic heterocycles. The molecule has 0 fully saturated rings. The van der Waals surface area contributed by atoms with Crippen LogP contribution < -0.4 is 11.5 Å². The highest BCUT2D eigenvalue weighted by molar-refractivity contribution is 6.17. The predicted molar refractivity (Wildman–Crippen MR) is 74.1 cm³/mol. The van der Waals surface area contributed by atoms with Crippen molar-refractivity contribution >= 4 is 33.2 Å². The largest absolute Gasteiger partial charge is 0.398 e. The van der Waals surface area contributed by atoms with E-state index in [0.29, 0.717) is 0 Å². The number of nitrogens with one attached hydrogen (secondary N) is 1. The number of anilines is 2. The number of H-pyrrole nitrogens is 1. The van der Waals surface area contributed by atoms with Gasteiger partial charge in [-0.2, -0.15) is 0 Å². The van der Waals surface area contributed by atoms with E-state index in [-0.39, 0.29) is 0 Å². The molecular formula is C14H15N3. The van der Waals surface area contributed by atoms with Crippen molar-refractivity contribution in [2.45, 2.75) is 13.8 Å². The number of nitrogen functional groups attached to an aromatic ring is 2. The molecule has 0 spiro atoms. The van der Waals surface area contributed by atoms with E-state index in [9.17, 15) is 0 Å². The Hall–Kier alpha value is -2.16. The number of rotatable bonds is 0. The minimum Gasteiger partial charge on any atom is -0.398 e. The van der Waals surface area contributed by atoms with Crippen LogP contribution in [0.2, 0.25) is 0 Å². The Morgan fingerprint density at radius 1 is 0.941 bits per heavy atom. The highest BCUT2D eigenvalue weighted by Gasteiger charge is 2.14. The third-order valence-electron chi connectivity index (χ3n) is 3.62. The fraction of sp³-hybridized carbons (Fsp3) is 0.143. The number of benzene rings is 2. The molecule has 0 unspecified atom stereocenters. The van der Waals surface area contributed by atoms with Gasteiger partial charge in [0.15, 0.2) is 0 Å². The van der Waals surface area contributed by atoms with E-state index < -0.39 is 0 Å². The van der Waals surface area contributed by atoms with Gasteiger partial charge in [-0.25, -0.2) is 0 Å². The highest BCUT2D eigenvalue weighted by Crippen LogP contribution is 2.37. The Labute approximate surface area is 99.4 Å². The Bertz CT molecular complexity index is 738. The lowest BCUT2D eigenvalue weighted by Crippen LogP contribution is -1.99. The topological polar surface area (TPSA) is 67.8 Å². The van der Waals surface area contributed by atoms with Gasteiger partial charge in [-0.1, -0.05) is 18.2 Å². The number of fused-ring (bicyclic) bond motifs is 3. The van der Waals surface area contributed by atoms with Crippen LogP contribution in [-0.2, 0) is 0 Å². The van der Waals surface area contributed by atoms with Crippen molar-refractivity contribution < 1.29 is 0 Å². The molecule has 0 radical (unpaired) electrons. The van der Waals surface area contributed by atoms with Crippen molar-refractivity contribution in [1.29, 1.82) is 0 Å². The van der Waals surface area contributed by atoms with Crippen LogP contribution in [0.3, 0.4) is 0 Å². The van der Waals surface area contributed by atoms with E-state index >= 15 is 0 Å². The first-order valence-electron chi connectivity index (χ1n) is 5.65. The maximum absolute atomic E-state index is 6.22. The van der Waals surface area contributed by atoms with Gasteiger partial charge in [0.25, 0.3) is 0 Å². The summed E-state index contributed by atoms with van der Waals surface area (Å²) in [6.45, 7) is 4.02. The SMILES string of the molecule is Cc1c(C)c(N)c2c([nH]c3ccccc32)c1N. The second kappa shape index (κ2) is 3.17. The van der Waals surface area contributed by atoms with E-state index in [2.05, 4.69) is 11.1 Å². The number of aromatic nitrogens is 1. The standard InChI is InChI=1S/C14H15N3/c1-7-8(2)13(16)14-11(12(7)15)9-5-3-4-6-10(9)17-14/h3-6,17H,15-16H2,1-2H3. The number of para-hydroxylation sites is 1. The van der Waals surface area contributed by atoms with E-state index in [4.69, 9.17) is 11.5 Å². The molecule has 86 valence electrons. The Balaban J connectivity index is 2.67. The van der Waals surface area contributed by atoms with E-state index in [1.54, 1.807) is 0 Å². The fourth-order valence-electron chi connectivity index (χ4n) is 2.40. The van der Waals surface area contributed by atoms with Crippen LogP contribution in [0.5, 0.6) is 0 Å². The minimum absolute atomic E-state index is 0.794. The van der Waals surface area contributed by atoms with Crippen molar-refractivity contribution in [3.63, 3.8) is 0 Å². The lowest BCUT2D eigenvalue weighted by molar-refractivity contribution is 1.36. The zero-order valence-corrected chi connectivity index (χ0v) is 9.96. The summed E-state index contributed by atoms with van der Waals surface area (Å²) in [4.78, 5) is 3.35. The summed E-state index contributed by atoms with van der Waals surface area (Å²) >= 11 is 0. The van der Waals surface area contributed by atoms with E-state index in [0.717, 1.165) is 44.3 Å². The molecule has 3 rings (SSSR count). The second-order valence-corrected chi connectivity index (χ2v) is 4.50. The van der Waals surface area contributed by atoms with Crippen LogP contribution in [0.1, 0.15) is 11.1 Å². The number of hydrogen-bond donors (Lipinski definition) is 3. The third kappa shape index (κ3) is 1.16. The summed E-state index contributed by atoms with van der Waals surface area (Å²) in [7, 11) is 0. The van der Waals surface area contributed by atoms with Crippen LogP contribution >= 0.6 is 0 Å². The van der Waals surface area contributed by atoms with Crippen molar-refractivity contribution in [2.24, 2.45) is 0 Å². The Morgan fingerprint density at radius 2 is 1.59 bits per heavy atom. The molecule has 0 amide bonds. The van der Waals surface area contributed by atoms with Gasteiger partial charge >= 0.3 is 0 Å². The van der Waals surface area contributed by atoms with Crippen molar-refractivity contribution in [2.75, 3.05) is 11.5 Å². The van der Waals surface area contributed by atoms with Gasteiger partial charge in [-0.15, -0.1) is 0 Å². The number of hydrogen-bond acceptors (Lipinski definition) is 2. The molecule has 3 nitrogen and oxygen atoms in total. The van der Waals surface area contributed by atoms with Crippen LogP contribution in [-0.4, -0.2) is 4.98 Å². The molecule has 5 N–H and O–H groups in total. The molecule has 17 heavy (non-hydrogen) atoms. The first-order valence-corrected chi connectivity index (χ1v) is 5.65. The van der Waals surface area contributed by atoms with Crippen molar-refractivity contribution in [1.82, 2.24) is 4.98 Å². The lowest BCUT2D eigenvalue weighted by atomic mass is 10.0. The van der Waals surface area contributed by atoms with Gasteiger partial charge in [0.05, 0.1) is 11.2 Å². The Kier molecular flexibility index (Phi) is 1.87. The smallest absolute Gasteiger partial charge is 0.0722 e. The maximum Gasteiger partial charge on any atom is 0.0722 e. The van der Waals surface area contributed by atoms with Crippen LogP contribution in [0.4, 0.5) is 11.4 Å². The van der Waals surface area contributed by atoms with E-state index in [1.165, 1.54) is 0 Å². The molecule has 3 aromatic rings. The Morgan fingerprint density at radius 3 is 2.35 bits per heavy atom. The zero-order chi connectivity index (χ0) is 12.2. The van der Waals surface area contributed by atoms with Gasteiger partial charge in [0.1, 0.15) is 0 Å². The molecule has 0 bridgehead atoms. The first-order chi connectivity index (χ1) is 8.11. The normalized spacial score (nSPS) is 11.4. The molecular weight excluding hydrogens is 210 g/mol. The number of nitrogens with two attached hydrogens (primary N) is 2. The van der Waals surface area contributed by atoms with Gasteiger partial charge in [0.2, 0.25) is 0 Å². The van der Waals surface area contributed by atoms with Crippen LogP contribution in [0.25, 0.3) is 21.8 Å². The molecule has 3 heteroatoms. The summed E-state index contributed by atoms with van der Waals surface area (Å²) in [5.41, 5.74) is 18.2. The van der Waals surface area contributed by atoms with Gasteiger partial charge < -0.3 is 16.5 Å². The number of aromatic amines is 1. The lowest BCUT2D eigenvalue weighted by Gasteiger charge is -2.10. The summed E-state index contributed by atoms with van der Waals surface area (Å²) in [6.07, 6.45) is 0. The van der Waals surface area contributed by atoms with Crippen molar-refractivity contribution in [3.05, 3.63) is 35.4 Å². The maximum atomic E-state index is 6.22. The first kappa shape index (κ1) is 10.0. The molecule has 0 aliphatic rings. The van der Waals surface area contributed by atoms with Crippen LogP contribution in [0.15, 0.2) is 24.3 Å². The molecule has 1 heterocycles. The minimum atomic E-state index is 0.794. The molecule has 2 aromatic carbocycles. The van der Waals surface area contributed by atoms with Crippen LogP contribution in [0, 0.1) is 13.8 Å². The quantitative estimate of drug-likeness (QED) is 0.514. The average Bonchev–Trinajstić information content (AvgIpc) is 2.73. The molecule has 1 aromatic heterocycles. The van der Waals surface area contributed by atoms with Crippen molar-refractivity contribution in [3.8, 4) is 0 Å². The van der Waals surface area contributed by atoms with Gasteiger partial charge in [-0.3, -0.25) is 0 Å². The highest BCUT2D eigenvalue weighted by atomic mass is 14.8. The van der Waals surface area contributed by atoms with E-state index in [1.807, 2.05) is 32.0 Å². The monoisotopic (exact) mass is 225 g/mol. The summed E-state index contributed by atoms with van der Waals surface area (Å²) in [5.74, 6) is 0. The fourth-order valence-corrected chi connectivity index (χ4v) is 2.40. The summed E-state index contributed by atoms with van der Waals surface area (Å²) in [6, 6.07) is 8.13. The van der Waals surface area contributed by atoms with Gasteiger partial charge in [-0.05, 0) is 31.0 Å². The zero-order valence-electron chi connectivity index (χ0n) is 9.96. The summed E-state index contributed by atoms with van der Waals surface area (Å²) in [5, 5.41) is 2.18. The summed E-state index contributed by atoms with van der Waals surface area (Å²) < 4.78 is 0. The third-order valence-corrected chi connectivity index (χ3v) is 3.62. The predicted octanol–water partition coefficient (Wildman–Crippen LogP) is 3.10. The molecule has 0 saturated carbocycles. The molecule has 0 aliphatic carbocycles. The molecule has 0 saturated heterocycles.